The SMILES string of the molecule is N#Cc1ccc(C(=O)Nc2n[nH]c3ccccc23)cc1. The van der Waals surface area contributed by atoms with Crippen LogP contribution < -0.4 is 5.32 Å². The molecule has 1 amide bonds. The maximum absolute atomic E-state index is 12.1. The number of fused-ring (bicyclic) bond motifs is 1. The number of nitrogens with zero attached hydrogens (tertiary/aromatic N) is 2. The molecule has 3 rings (SSSR count). The summed E-state index contributed by atoms with van der Waals surface area (Å²) in [5, 5.41) is 19.3. The Morgan fingerprint density at radius 1 is 1.15 bits per heavy atom. The van der Waals surface area contributed by atoms with E-state index < -0.39 is 0 Å². The van der Waals surface area contributed by atoms with Crippen molar-refractivity contribution in [3.05, 3.63) is 59.7 Å². The van der Waals surface area contributed by atoms with Crippen molar-refractivity contribution >= 4 is 22.6 Å². The van der Waals surface area contributed by atoms with Crippen molar-refractivity contribution in [1.29, 1.82) is 5.26 Å². The molecular formula is C15H10N4O. The lowest BCUT2D eigenvalue weighted by atomic mass is 10.1. The second-order valence-electron chi connectivity index (χ2n) is 4.26. The number of para-hydroxylation sites is 1. The molecule has 20 heavy (non-hydrogen) atoms. The molecule has 1 aromatic heterocycles. The Labute approximate surface area is 114 Å². The average Bonchev–Trinajstić information content (AvgIpc) is 2.91. The van der Waals surface area contributed by atoms with Crippen LogP contribution in [0.1, 0.15) is 15.9 Å². The molecular weight excluding hydrogens is 252 g/mol. The minimum atomic E-state index is -0.258. The Bertz CT molecular complexity index is 812. The van der Waals surface area contributed by atoms with Gasteiger partial charge in [-0.15, -0.1) is 0 Å². The molecule has 0 bridgehead atoms. The fourth-order valence-electron chi connectivity index (χ4n) is 1.93. The normalized spacial score (nSPS) is 10.2. The molecule has 5 heteroatoms. The van der Waals surface area contributed by atoms with Gasteiger partial charge in [-0.1, -0.05) is 12.1 Å². The number of benzene rings is 2. The number of aromatic nitrogens is 2. The van der Waals surface area contributed by atoms with Crippen LogP contribution in [0.5, 0.6) is 0 Å². The highest BCUT2D eigenvalue weighted by Gasteiger charge is 2.10. The van der Waals surface area contributed by atoms with Gasteiger partial charge in [-0.05, 0) is 36.4 Å². The fraction of sp³-hybridized carbons (Fsp3) is 0. The number of amides is 1. The van der Waals surface area contributed by atoms with Crippen molar-refractivity contribution < 1.29 is 4.79 Å². The summed E-state index contributed by atoms with van der Waals surface area (Å²) in [4.78, 5) is 12.1. The highest BCUT2D eigenvalue weighted by molar-refractivity contribution is 6.07. The van der Waals surface area contributed by atoms with Gasteiger partial charge in [-0.2, -0.15) is 10.4 Å². The molecule has 5 nitrogen and oxygen atoms in total. The van der Waals surface area contributed by atoms with Crippen LogP contribution >= 0.6 is 0 Å². The number of carbonyl (C=O) groups is 1. The molecule has 0 fully saturated rings. The van der Waals surface area contributed by atoms with Crippen LogP contribution in [0.2, 0.25) is 0 Å². The van der Waals surface area contributed by atoms with Crippen LogP contribution in [0.15, 0.2) is 48.5 Å². The first-order valence-electron chi connectivity index (χ1n) is 6.02. The second kappa shape index (κ2) is 4.86. The lowest BCUT2D eigenvalue weighted by molar-refractivity contribution is 0.102. The Morgan fingerprint density at radius 2 is 1.90 bits per heavy atom. The van der Waals surface area contributed by atoms with Gasteiger partial charge >= 0.3 is 0 Å². The predicted molar refractivity (Wildman–Crippen MR) is 75.2 cm³/mol. The topological polar surface area (TPSA) is 81.6 Å². The number of anilines is 1. The van der Waals surface area contributed by atoms with Gasteiger partial charge in [0.15, 0.2) is 5.82 Å². The summed E-state index contributed by atoms with van der Waals surface area (Å²) in [5.74, 6) is 0.238. The Morgan fingerprint density at radius 3 is 2.65 bits per heavy atom. The van der Waals surface area contributed by atoms with Crippen molar-refractivity contribution in [1.82, 2.24) is 10.2 Å². The first-order chi connectivity index (χ1) is 9.78. The molecule has 0 aliphatic heterocycles. The maximum atomic E-state index is 12.1. The number of nitrogens with one attached hydrogen (secondary N) is 2. The van der Waals surface area contributed by atoms with Gasteiger partial charge < -0.3 is 5.32 Å². The van der Waals surface area contributed by atoms with Gasteiger partial charge in [-0.25, -0.2) is 0 Å². The summed E-state index contributed by atoms with van der Waals surface area (Å²) in [6.45, 7) is 0. The van der Waals surface area contributed by atoms with Crippen molar-refractivity contribution in [3.8, 4) is 6.07 Å². The molecule has 2 N–H and O–H groups in total. The molecule has 0 unspecified atom stereocenters. The number of H-pyrrole nitrogens is 1. The van der Waals surface area contributed by atoms with E-state index in [1.54, 1.807) is 24.3 Å². The van der Waals surface area contributed by atoms with Crippen molar-refractivity contribution in [2.24, 2.45) is 0 Å². The Balaban J connectivity index is 1.87. The zero-order chi connectivity index (χ0) is 13.9. The van der Waals surface area contributed by atoms with E-state index in [0.717, 1.165) is 10.9 Å². The number of aromatic amines is 1. The first-order valence-corrected chi connectivity index (χ1v) is 6.02. The number of hydrogen-bond donors (Lipinski definition) is 2. The zero-order valence-electron chi connectivity index (χ0n) is 10.4. The summed E-state index contributed by atoms with van der Waals surface area (Å²) in [5.41, 5.74) is 1.87. The minimum Gasteiger partial charge on any atom is -0.305 e. The minimum absolute atomic E-state index is 0.258. The van der Waals surface area contributed by atoms with Gasteiger partial charge in [0.2, 0.25) is 0 Å². The molecule has 2 aromatic carbocycles. The first kappa shape index (κ1) is 11.9. The summed E-state index contributed by atoms with van der Waals surface area (Å²) >= 11 is 0. The van der Waals surface area contributed by atoms with Gasteiger partial charge in [-0.3, -0.25) is 9.89 Å². The van der Waals surface area contributed by atoms with E-state index in [4.69, 9.17) is 5.26 Å². The summed E-state index contributed by atoms with van der Waals surface area (Å²) in [6, 6.07) is 16.0. The molecule has 0 saturated heterocycles. The van der Waals surface area contributed by atoms with E-state index in [1.807, 2.05) is 30.3 Å². The molecule has 3 aromatic rings. The summed E-state index contributed by atoms with van der Waals surface area (Å²) in [7, 11) is 0. The molecule has 0 atom stereocenters. The highest BCUT2D eigenvalue weighted by atomic mass is 16.1. The van der Waals surface area contributed by atoms with E-state index in [-0.39, 0.29) is 5.91 Å². The largest absolute Gasteiger partial charge is 0.305 e. The molecule has 1 heterocycles. The number of nitriles is 1. The third-order valence-corrected chi connectivity index (χ3v) is 2.98. The third kappa shape index (κ3) is 2.10. The molecule has 0 saturated carbocycles. The van der Waals surface area contributed by atoms with Crippen LogP contribution in [0.3, 0.4) is 0 Å². The van der Waals surface area contributed by atoms with Crippen LogP contribution in [0.4, 0.5) is 5.82 Å². The van der Waals surface area contributed by atoms with E-state index in [9.17, 15) is 4.79 Å². The quantitative estimate of drug-likeness (QED) is 0.745. The standard InChI is InChI=1S/C15H10N4O/c16-9-10-5-7-11(8-6-10)15(20)17-14-12-3-1-2-4-13(12)18-19-14/h1-8H,(H2,17,18,19,20). The monoisotopic (exact) mass is 262 g/mol. The molecule has 0 spiro atoms. The van der Waals surface area contributed by atoms with Crippen LogP contribution in [0.25, 0.3) is 10.9 Å². The molecule has 96 valence electrons. The molecule has 0 radical (unpaired) electrons. The maximum Gasteiger partial charge on any atom is 0.256 e. The number of rotatable bonds is 2. The molecule has 0 aliphatic rings. The van der Waals surface area contributed by atoms with E-state index in [2.05, 4.69) is 15.5 Å². The van der Waals surface area contributed by atoms with E-state index in [0.29, 0.717) is 16.9 Å². The number of carbonyl (C=O) groups excluding carboxylic acids is 1. The van der Waals surface area contributed by atoms with Crippen LogP contribution in [-0.2, 0) is 0 Å². The Kier molecular flexibility index (Phi) is 2.90. The summed E-state index contributed by atoms with van der Waals surface area (Å²) < 4.78 is 0. The van der Waals surface area contributed by atoms with E-state index >= 15 is 0 Å². The van der Waals surface area contributed by atoms with Crippen LogP contribution in [-0.4, -0.2) is 16.1 Å². The zero-order valence-corrected chi connectivity index (χ0v) is 10.4. The van der Waals surface area contributed by atoms with Crippen molar-refractivity contribution in [2.45, 2.75) is 0 Å². The van der Waals surface area contributed by atoms with Crippen molar-refractivity contribution in [2.75, 3.05) is 5.32 Å². The second-order valence-corrected chi connectivity index (χ2v) is 4.26. The van der Waals surface area contributed by atoms with E-state index in [1.165, 1.54) is 0 Å². The number of hydrogen-bond acceptors (Lipinski definition) is 3. The van der Waals surface area contributed by atoms with Gasteiger partial charge in [0.1, 0.15) is 0 Å². The Hall–Kier alpha value is -3.13. The van der Waals surface area contributed by atoms with Crippen molar-refractivity contribution in [3.63, 3.8) is 0 Å². The highest BCUT2D eigenvalue weighted by Crippen LogP contribution is 2.20. The van der Waals surface area contributed by atoms with Crippen LogP contribution in [0, 0.1) is 11.3 Å². The third-order valence-electron chi connectivity index (χ3n) is 2.98. The fourth-order valence-corrected chi connectivity index (χ4v) is 1.93. The van der Waals surface area contributed by atoms with Gasteiger partial charge in [0, 0.05) is 10.9 Å². The summed E-state index contributed by atoms with van der Waals surface area (Å²) in [6.07, 6.45) is 0. The lowest BCUT2D eigenvalue weighted by Gasteiger charge is -2.02. The lowest BCUT2D eigenvalue weighted by Crippen LogP contribution is -2.12. The smallest absolute Gasteiger partial charge is 0.256 e. The van der Waals surface area contributed by atoms with Gasteiger partial charge in [0.05, 0.1) is 17.1 Å². The molecule has 0 aliphatic carbocycles. The van der Waals surface area contributed by atoms with Gasteiger partial charge in [0.25, 0.3) is 5.91 Å². The average molecular weight is 262 g/mol. The predicted octanol–water partition coefficient (Wildman–Crippen LogP) is 2.69.